The van der Waals surface area contributed by atoms with Crippen LogP contribution in [0.2, 0.25) is 15.1 Å². The normalized spacial score (nSPS) is 16.0. The van der Waals surface area contributed by atoms with Crippen LogP contribution in [0.4, 0.5) is 4.79 Å². The van der Waals surface area contributed by atoms with Gasteiger partial charge in [-0.05, 0) is 41.5 Å². The number of hydrogen-bond donors (Lipinski definition) is 1. The second-order valence-corrected chi connectivity index (χ2v) is 6.45. The van der Waals surface area contributed by atoms with E-state index in [0.717, 1.165) is 10.5 Å². The fourth-order valence-electron chi connectivity index (χ4n) is 2.26. The van der Waals surface area contributed by atoms with E-state index in [1.807, 2.05) is 0 Å². The number of nitrogens with one attached hydrogen (secondary N) is 1. The number of urea groups is 1. The highest BCUT2D eigenvalue weighted by atomic mass is 35.5. The minimum atomic E-state index is -0.480. The van der Waals surface area contributed by atoms with E-state index < -0.39 is 11.9 Å². The molecule has 122 valence electrons. The van der Waals surface area contributed by atoms with Crippen molar-refractivity contribution in [3.8, 4) is 0 Å². The maximum Gasteiger partial charge on any atom is 0.329 e. The first-order valence-corrected chi connectivity index (χ1v) is 8.11. The van der Waals surface area contributed by atoms with Crippen molar-refractivity contribution in [2.75, 3.05) is 0 Å². The van der Waals surface area contributed by atoms with Crippen LogP contribution >= 0.6 is 34.8 Å². The van der Waals surface area contributed by atoms with Crippen LogP contribution in [0, 0.1) is 0 Å². The lowest BCUT2D eigenvalue weighted by Gasteiger charge is -2.11. The number of halogens is 3. The molecule has 0 bridgehead atoms. The predicted octanol–water partition coefficient (Wildman–Crippen LogP) is 4.74. The second kappa shape index (κ2) is 6.85. The van der Waals surface area contributed by atoms with Gasteiger partial charge in [0.1, 0.15) is 5.70 Å². The Labute approximate surface area is 153 Å². The van der Waals surface area contributed by atoms with Gasteiger partial charge in [0.05, 0.1) is 6.54 Å². The third-order valence-corrected chi connectivity index (χ3v) is 4.29. The van der Waals surface area contributed by atoms with Crippen molar-refractivity contribution in [2.45, 2.75) is 6.54 Å². The molecule has 4 nitrogen and oxygen atoms in total. The third-order valence-electron chi connectivity index (χ3n) is 3.48. The van der Waals surface area contributed by atoms with E-state index in [0.29, 0.717) is 20.6 Å². The number of hydrogen-bond acceptors (Lipinski definition) is 2. The zero-order valence-corrected chi connectivity index (χ0v) is 14.5. The van der Waals surface area contributed by atoms with Gasteiger partial charge in [-0.2, -0.15) is 0 Å². The zero-order valence-electron chi connectivity index (χ0n) is 12.2. The van der Waals surface area contributed by atoms with Crippen LogP contribution in [0.5, 0.6) is 0 Å². The van der Waals surface area contributed by atoms with Gasteiger partial charge in [-0.25, -0.2) is 4.79 Å². The lowest BCUT2D eigenvalue weighted by molar-refractivity contribution is -0.123. The van der Waals surface area contributed by atoms with Gasteiger partial charge in [0, 0.05) is 15.1 Å². The summed E-state index contributed by atoms with van der Waals surface area (Å²) < 4.78 is 0. The summed E-state index contributed by atoms with van der Waals surface area (Å²) >= 11 is 17.8. The summed E-state index contributed by atoms with van der Waals surface area (Å²) in [6.45, 7) is 0.160. The predicted molar refractivity (Wildman–Crippen MR) is 95.0 cm³/mol. The molecule has 1 aliphatic rings. The summed E-state index contributed by atoms with van der Waals surface area (Å²) in [6, 6.07) is 11.4. The molecule has 2 aromatic rings. The number of carbonyl (C=O) groups excluding carboxylic acids is 2. The first-order valence-electron chi connectivity index (χ1n) is 6.98. The van der Waals surface area contributed by atoms with Gasteiger partial charge in [0.25, 0.3) is 5.91 Å². The molecule has 24 heavy (non-hydrogen) atoms. The maximum atomic E-state index is 12.4. The standard InChI is InChI=1S/C17H11Cl3N2O2/c18-12-4-1-10(2-5-12)9-22-16(23)15(21-17(22)24)7-11-3-6-13(19)8-14(11)20/h1-8H,9H2,(H,21,24). The lowest BCUT2D eigenvalue weighted by Crippen LogP contribution is -2.30. The van der Waals surface area contributed by atoms with Crippen molar-refractivity contribution >= 4 is 52.8 Å². The van der Waals surface area contributed by atoms with E-state index in [9.17, 15) is 9.59 Å². The first kappa shape index (κ1) is 16.8. The Morgan fingerprint density at radius 1 is 0.958 bits per heavy atom. The Morgan fingerprint density at radius 2 is 1.62 bits per heavy atom. The van der Waals surface area contributed by atoms with Crippen molar-refractivity contribution in [3.63, 3.8) is 0 Å². The number of nitrogens with zero attached hydrogens (tertiary/aromatic N) is 1. The molecule has 0 atom stereocenters. The molecule has 1 saturated heterocycles. The first-order chi connectivity index (χ1) is 11.4. The average molecular weight is 382 g/mol. The monoisotopic (exact) mass is 380 g/mol. The van der Waals surface area contributed by atoms with Crippen LogP contribution in [0.25, 0.3) is 6.08 Å². The molecule has 1 fully saturated rings. The number of rotatable bonds is 3. The molecule has 0 aliphatic carbocycles. The van der Waals surface area contributed by atoms with Gasteiger partial charge in [-0.15, -0.1) is 0 Å². The van der Waals surface area contributed by atoms with E-state index >= 15 is 0 Å². The Balaban J connectivity index is 1.83. The van der Waals surface area contributed by atoms with Gasteiger partial charge in [0.2, 0.25) is 0 Å². The lowest BCUT2D eigenvalue weighted by atomic mass is 10.2. The molecule has 0 unspecified atom stereocenters. The van der Waals surface area contributed by atoms with Crippen LogP contribution in [0.15, 0.2) is 48.2 Å². The smallest absolute Gasteiger partial charge is 0.303 e. The molecule has 0 aromatic heterocycles. The highest BCUT2D eigenvalue weighted by molar-refractivity contribution is 6.35. The van der Waals surface area contributed by atoms with Crippen molar-refractivity contribution < 1.29 is 9.59 Å². The van der Waals surface area contributed by atoms with E-state index in [1.165, 1.54) is 6.08 Å². The minimum Gasteiger partial charge on any atom is -0.303 e. The SMILES string of the molecule is O=C1NC(=Cc2ccc(Cl)cc2Cl)C(=O)N1Cc1ccc(Cl)cc1. The van der Waals surface area contributed by atoms with E-state index in [4.69, 9.17) is 34.8 Å². The zero-order chi connectivity index (χ0) is 17.3. The molecule has 2 aromatic carbocycles. The summed E-state index contributed by atoms with van der Waals surface area (Å²) in [4.78, 5) is 25.6. The van der Waals surface area contributed by atoms with Crippen LogP contribution < -0.4 is 5.32 Å². The van der Waals surface area contributed by atoms with Gasteiger partial charge in [0.15, 0.2) is 0 Å². The number of amides is 3. The quantitative estimate of drug-likeness (QED) is 0.616. The fourth-order valence-corrected chi connectivity index (χ4v) is 2.85. The molecule has 1 aliphatic heterocycles. The molecule has 3 amide bonds. The maximum absolute atomic E-state index is 12.4. The Hall–Kier alpha value is -2.01. The molecular formula is C17H11Cl3N2O2. The Bertz CT molecular complexity index is 847. The van der Waals surface area contributed by atoms with Crippen LogP contribution in [-0.2, 0) is 11.3 Å². The second-order valence-electron chi connectivity index (χ2n) is 5.17. The molecule has 1 heterocycles. The van der Waals surface area contributed by atoms with Crippen molar-refractivity contribution in [2.24, 2.45) is 0 Å². The van der Waals surface area contributed by atoms with E-state index in [1.54, 1.807) is 42.5 Å². The van der Waals surface area contributed by atoms with E-state index in [-0.39, 0.29) is 12.2 Å². The number of carbonyl (C=O) groups is 2. The highest BCUT2D eigenvalue weighted by Gasteiger charge is 2.33. The summed E-state index contributed by atoms with van der Waals surface area (Å²) in [5.41, 5.74) is 1.56. The molecular weight excluding hydrogens is 371 g/mol. The molecule has 1 N–H and O–H groups in total. The largest absolute Gasteiger partial charge is 0.329 e. The van der Waals surface area contributed by atoms with Gasteiger partial charge in [-0.1, -0.05) is 53.0 Å². The highest BCUT2D eigenvalue weighted by Crippen LogP contribution is 2.24. The molecule has 0 radical (unpaired) electrons. The molecule has 0 spiro atoms. The third kappa shape index (κ3) is 3.56. The number of benzene rings is 2. The topological polar surface area (TPSA) is 49.4 Å². The van der Waals surface area contributed by atoms with Gasteiger partial charge >= 0.3 is 6.03 Å². The number of imide groups is 1. The summed E-state index contributed by atoms with van der Waals surface area (Å²) in [5.74, 6) is -0.416. The Kier molecular flexibility index (Phi) is 4.81. The molecule has 0 saturated carbocycles. The van der Waals surface area contributed by atoms with Gasteiger partial charge in [-0.3, -0.25) is 9.69 Å². The van der Waals surface area contributed by atoms with Crippen molar-refractivity contribution in [3.05, 3.63) is 74.4 Å². The molecule has 7 heteroatoms. The van der Waals surface area contributed by atoms with Crippen molar-refractivity contribution in [1.82, 2.24) is 10.2 Å². The van der Waals surface area contributed by atoms with Crippen LogP contribution in [0.3, 0.4) is 0 Å². The van der Waals surface area contributed by atoms with Crippen LogP contribution in [-0.4, -0.2) is 16.8 Å². The van der Waals surface area contributed by atoms with Crippen LogP contribution in [0.1, 0.15) is 11.1 Å². The molecule has 3 rings (SSSR count). The van der Waals surface area contributed by atoms with Gasteiger partial charge < -0.3 is 5.32 Å². The average Bonchev–Trinajstić information content (AvgIpc) is 2.80. The summed E-state index contributed by atoms with van der Waals surface area (Å²) in [5, 5.41) is 4.04. The van der Waals surface area contributed by atoms with Crippen molar-refractivity contribution in [1.29, 1.82) is 0 Å². The minimum absolute atomic E-state index is 0.160. The fraction of sp³-hybridized carbons (Fsp3) is 0.0588. The Morgan fingerprint density at radius 3 is 2.29 bits per heavy atom. The summed E-state index contributed by atoms with van der Waals surface area (Å²) in [7, 11) is 0. The summed E-state index contributed by atoms with van der Waals surface area (Å²) in [6.07, 6.45) is 1.53. The van der Waals surface area contributed by atoms with E-state index in [2.05, 4.69) is 5.32 Å².